The number of benzene rings is 1. The summed E-state index contributed by atoms with van der Waals surface area (Å²) < 4.78 is 44.5. The number of rotatable bonds is 4. The van der Waals surface area contributed by atoms with Crippen molar-refractivity contribution in [2.75, 3.05) is 59.0 Å². The molecule has 10 heteroatoms. The van der Waals surface area contributed by atoms with E-state index >= 15 is 0 Å². The molecule has 1 aromatic carbocycles. The Kier molecular flexibility index (Phi) is 6.17. The van der Waals surface area contributed by atoms with Gasteiger partial charge < -0.3 is 19.1 Å². The van der Waals surface area contributed by atoms with Crippen molar-refractivity contribution >= 4 is 15.9 Å². The van der Waals surface area contributed by atoms with Gasteiger partial charge in [0, 0.05) is 45.3 Å². The van der Waals surface area contributed by atoms with Crippen LogP contribution in [0.2, 0.25) is 0 Å². The number of morpholine rings is 1. The average molecular weight is 454 g/mol. The lowest BCUT2D eigenvalue weighted by atomic mass is 10.1. The fourth-order valence-electron chi connectivity index (χ4n) is 4.51. The summed E-state index contributed by atoms with van der Waals surface area (Å²) in [4.78, 5) is 16.9. The molecule has 9 nitrogen and oxygen atoms in total. The summed E-state index contributed by atoms with van der Waals surface area (Å²) in [5.41, 5.74) is -0.283. The molecule has 0 saturated carbocycles. The van der Waals surface area contributed by atoms with E-state index < -0.39 is 10.0 Å². The van der Waals surface area contributed by atoms with Gasteiger partial charge in [-0.05, 0) is 32.9 Å². The maximum atomic E-state index is 13.1. The topological polar surface area (TPSA) is 88.6 Å². The monoisotopic (exact) mass is 453 g/mol. The van der Waals surface area contributed by atoms with Gasteiger partial charge in [-0.25, -0.2) is 8.42 Å². The second-order valence-electron chi connectivity index (χ2n) is 8.95. The zero-order valence-corrected chi connectivity index (χ0v) is 19.2. The molecule has 4 rings (SSSR count). The Labute approximate surface area is 183 Å². The number of hydrogen-bond acceptors (Lipinski definition) is 7. The van der Waals surface area contributed by atoms with Crippen LogP contribution >= 0.6 is 0 Å². The first-order valence-electron chi connectivity index (χ1n) is 10.7. The Hall–Kier alpha value is -1.88. The molecule has 2 saturated heterocycles. The number of fused-ring (bicyclic) bond motifs is 1. The van der Waals surface area contributed by atoms with E-state index in [1.165, 1.54) is 10.4 Å². The number of ether oxygens (including phenoxy) is 3. The second kappa shape index (κ2) is 8.57. The van der Waals surface area contributed by atoms with Crippen molar-refractivity contribution in [1.82, 2.24) is 14.1 Å². The van der Waals surface area contributed by atoms with E-state index in [9.17, 15) is 13.2 Å². The Morgan fingerprint density at radius 2 is 1.77 bits per heavy atom. The molecule has 31 heavy (non-hydrogen) atoms. The molecule has 3 aliphatic heterocycles. The summed E-state index contributed by atoms with van der Waals surface area (Å²) in [6.07, 6.45) is 0.0736. The summed E-state index contributed by atoms with van der Waals surface area (Å²) in [5, 5.41) is 0. The number of hydrogen-bond donors (Lipinski definition) is 0. The highest BCUT2D eigenvalue weighted by Crippen LogP contribution is 2.33. The lowest BCUT2D eigenvalue weighted by molar-refractivity contribution is -0.146. The van der Waals surface area contributed by atoms with Gasteiger partial charge in [-0.2, -0.15) is 4.31 Å². The largest absolute Gasteiger partial charge is 0.486 e. The minimum Gasteiger partial charge on any atom is -0.486 e. The summed E-state index contributed by atoms with van der Waals surface area (Å²) in [7, 11) is -3.66. The molecule has 1 unspecified atom stereocenters. The predicted octanol–water partition coefficient (Wildman–Crippen LogP) is 0.790. The first-order chi connectivity index (χ1) is 14.6. The molecule has 1 amide bonds. The van der Waals surface area contributed by atoms with Gasteiger partial charge in [0.25, 0.3) is 0 Å². The van der Waals surface area contributed by atoms with Crippen LogP contribution in [0.5, 0.6) is 11.5 Å². The first kappa shape index (κ1) is 22.3. The number of amides is 1. The molecule has 0 spiro atoms. The van der Waals surface area contributed by atoms with E-state index in [4.69, 9.17) is 14.2 Å². The molecule has 172 valence electrons. The quantitative estimate of drug-likeness (QED) is 0.666. The Morgan fingerprint density at radius 3 is 2.45 bits per heavy atom. The second-order valence-corrected chi connectivity index (χ2v) is 10.9. The van der Waals surface area contributed by atoms with Crippen LogP contribution in [0.1, 0.15) is 20.8 Å². The highest BCUT2D eigenvalue weighted by molar-refractivity contribution is 7.89. The van der Waals surface area contributed by atoms with Gasteiger partial charge in [-0.15, -0.1) is 0 Å². The molecule has 0 N–H and O–H groups in total. The van der Waals surface area contributed by atoms with E-state index in [0.717, 1.165) is 0 Å². The van der Waals surface area contributed by atoms with Gasteiger partial charge in [-0.3, -0.25) is 9.69 Å². The highest BCUT2D eigenvalue weighted by atomic mass is 32.2. The van der Waals surface area contributed by atoms with Crippen molar-refractivity contribution in [3.05, 3.63) is 18.2 Å². The number of sulfonamides is 1. The van der Waals surface area contributed by atoms with Crippen molar-refractivity contribution < 1.29 is 27.4 Å². The van der Waals surface area contributed by atoms with Gasteiger partial charge in [0.2, 0.25) is 15.9 Å². The molecule has 0 bridgehead atoms. The van der Waals surface area contributed by atoms with Crippen LogP contribution < -0.4 is 9.47 Å². The zero-order valence-electron chi connectivity index (χ0n) is 18.4. The minimum absolute atomic E-state index is 0.0290. The summed E-state index contributed by atoms with van der Waals surface area (Å²) >= 11 is 0. The number of carbonyl (C=O) groups excluding carboxylic acids is 1. The number of nitrogens with zero attached hydrogens (tertiary/aromatic N) is 3. The highest BCUT2D eigenvalue weighted by Gasteiger charge is 2.35. The summed E-state index contributed by atoms with van der Waals surface area (Å²) in [5.74, 6) is 1.03. The molecule has 1 aromatic rings. The van der Waals surface area contributed by atoms with Crippen LogP contribution in [-0.2, 0) is 19.6 Å². The van der Waals surface area contributed by atoms with Gasteiger partial charge in [0.1, 0.15) is 13.2 Å². The molecule has 1 atom stereocenters. The normalized spacial score (nSPS) is 24.7. The number of carbonyl (C=O) groups is 1. The van der Waals surface area contributed by atoms with Crippen LogP contribution in [0.3, 0.4) is 0 Å². The van der Waals surface area contributed by atoms with Crippen LogP contribution in [0, 0.1) is 0 Å². The molecule has 0 aliphatic carbocycles. The van der Waals surface area contributed by atoms with Crippen molar-refractivity contribution in [2.24, 2.45) is 0 Å². The Morgan fingerprint density at radius 1 is 1.10 bits per heavy atom. The molecule has 0 radical (unpaired) electrons. The third-order valence-corrected chi connectivity index (χ3v) is 7.64. The zero-order chi connectivity index (χ0) is 22.2. The van der Waals surface area contributed by atoms with Crippen LogP contribution in [-0.4, -0.2) is 99.2 Å². The van der Waals surface area contributed by atoms with Crippen molar-refractivity contribution in [1.29, 1.82) is 0 Å². The van der Waals surface area contributed by atoms with Gasteiger partial charge in [-0.1, -0.05) is 0 Å². The lowest BCUT2D eigenvalue weighted by Crippen LogP contribution is -2.56. The van der Waals surface area contributed by atoms with Crippen molar-refractivity contribution in [3.63, 3.8) is 0 Å². The number of piperazine rings is 1. The van der Waals surface area contributed by atoms with E-state index in [-0.39, 0.29) is 35.6 Å². The molecule has 2 fully saturated rings. The van der Waals surface area contributed by atoms with Crippen molar-refractivity contribution in [3.8, 4) is 11.5 Å². The van der Waals surface area contributed by atoms with Crippen LogP contribution in [0.15, 0.2) is 23.1 Å². The van der Waals surface area contributed by atoms with E-state index in [0.29, 0.717) is 57.4 Å². The van der Waals surface area contributed by atoms with Crippen molar-refractivity contribution in [2.45, 2.75) is 37.4 Å². The Balaban J connectivity index is 1.35. The molecule has 3 aliphatic rings. The van der Waals surface area contributed by atoms with E-state index in [1.807, 2.05) is 20.8 Å². The summed E-state index contributed by atoms with van der Waals surface area (Å²) in [6.45, 7) is 9.97. The fraction of sp³-hybridized carbons (Fsp3) is 0.667. The maximum Gasteiger partial charge on any atom is 0.243 e. The van der Waals surface area contributed by atoms with Gasteiger partial charge >= 0.3 is 0 Å². The molecular formula is C21H31N3O6S. The molecule has 3 heterocycles. The smallest absolute Gasteiger partial charge is 0.243 e. The fourth-order valence-corrected chi connectivity index (χ4v) is 5.95. The SMILES string of the molecule is CC1CN(CC(=O)N2CCN(S(=O)(=O)c3ccc4c(c3)OCCO4)CC2)CC(C)(C)O1. The maximum absolute atomic E-state index is 13.1. The van der Waals surface area contributed by atoms with Crippen LogP contribution in [0.4, 0.5) is 0 Å². The average Bonchev–Trinajstić information content (AvgIpc) is 2.72. The standard InChI is InChI=1S/C21H31N3O6S/c1-16-13-22(15-21(2,3)30-16)14-20(25)23-6-8-24(9-7-23)31(26,27)17-4-5-18-19(12-17)29-11-10-28-18/h4-5,12,16H,6-11,13-15H2,1-3H3. The molecular weight excluding hydrogens is 422 g/mol. The lowest BCUT2D eigenvalue weighted by Gasteiger charge is -2.42. The third kappa shape index (κ3) is 4.97. The van der Waals surface area contributed by atoms with Crippen LogP contribution in [0.25, 0.3) is 0 Å². The predicted molar refractivity (Wildman–Crippen MR) is 114 cm³/mol. The molecule has 0 aromatic heterocycles. The van der Waals surface area contributed by atoms with E-state index in [1.54, 1.807) is 17.0 Å². The first-order valence-corrected chi connectivity index (χ1v) is 12.2. The third-order valence-electron chi connectivity index (χ3n) is 5.74. The van der Waals surface area contributed by atoms with Gasteiger partial charge in [0.05, 0.1) is 23.1 Å². The Bertz CT molecular complexity index is 927. The van der Waals surface area contributed by atoms with Gasteiger partial charge in [0.15, 0.2) is 11.5 Å². The minimum atomic E-state index is -3.66. The summed E-state index contributed by atoms with van der Waals surface area (Å²) in [6, 6.07) is 4.69. The van der Waals surface area contributed by atoms with E-state index in [2.05, 4.69) is 4.90 Å².